The van der Waals surface area contributed by atoms with Crippen molar-refractivity contribution in [2.45, 2.75) is 38.6 Å². The van der Waals surface area contributed by atoms with Crippen molar-refractivity contribution in [3.8, 4) is 0 Å². The number of ether oxygens (including phenoxy) is 2. The molecule has 0 spiro atoms. The van der Waals surface area contributed by atoms with Crippen molar-refractivity contribution >= 4 is 35.7 Å². The van der Waals surface area contributed by atoms with Gasteiger partial charge in [-0.15, -0.1) is 0 Å². The molecule has 4 amide bonds. The molecule has 0 aromatic heterocycles. The zero-order chi connectivity index (χ0) is 22.0. The van der Waals surface area contributed by atoms with Crippen LogP contribution in [0.3, 0.4) is 0 Å². The van der Waals surface area contributed by atoms with Crippen molar-refractivity contribution in [1.82, 2.24) is 9.80 Å². The maximum atomic E-state index is 13.2. The fourth-order valence-electron chi connectivity index (χ4n) is 5.42. The van der Waals surface area contributed by atoms with Gasteiger partial charge in [-0.3, -0.25) is 24.1 Å². The number of carbonyl (C=O) groups is 5. The van der Waals surface area contributed by atoms with Crippen molar-refractivity contribution in [2.75, 3.05) is 20.7 Å². The summed E-state index contributed by atoms with van der Waals surface area (Å²) < 4.78 is 9.93. The molecule has 2 saturated heterocycles. The maximum absolute atomic E-state index is 13.2. The highest BCUT2D eigenvalue weighted by atomic mass is 16.6. The average Bonchev–Trinajstić information content (AvgIpc) is 3.11. The van der Waals surface area contributed by atoms with E-state index in [9.17, 15) is 24.0 Å². The summed E-state index contributed by atoms with van der Waals surface area (Å²) in [6, 6.07) is 0. The first kappa shape index (κ1) is 20.2. The molecule has 10 nitrogen and oxygen atoms in total. The molecule has 1 aliphatic carbocycles. The second-order valence-corrected chi connectivity index (χ2v) is 8.10. The number of hydrogen-bond donors (Lipinski definition) is 0. The van der Waals surface area contributed by atoms with Crippen LogP contribution in [0.15, 0.2) is 16.1 Å². The summed E-state index contributed by atoms with van der Waals surface area (Å²) in [7, 11) is 2.66. The highest BCUT2D eigenvalue weighted by Crippen LogP contribution is 2.55. The Morgan fingerprint density at radius 3 is 2.60 bits per heavy atom. The lowest BCUT2D eigenvalue weighted by atomic mass is 9.59. The van der Waals surface area contributed by atoms with Crippen molar-refractivity contribution in [1.29, 1.82) is 0 Å². The van der Waals surface area contributed by atoms with Crippen LogP contribution < -0.4 is 0 Å². The third-order valence-electron chi connectivity index (χ3n) is 6.81. The molecule has 0 aromatic carbocycles. The van der Waals surface area contributed by atoms with E-state index >= 15 is 0 Å². The second-order valence-electron chi connectivity index (χ2n) is 8.10. The van der Waals surface area contributed by atoms with E-state index in [0.717, 1.165) is 15.4 Å². The molecule has 160 valence electrons. The smallest absolute Gasteiger partial charge is 0.424 e. The van der Waals surface area contributed by atoms with E-state index in [1.165, 1.54) is 14.2 Å². The molecular formula is C20H23N3O7. The van der Waals surface area contributed by atoms with Crippen molar-refractivity contribution in [3.05, 3.63) is 11.1 Å². The maximum Gasteiger partial charge on any atom is 0.424 e. The number of likely N-dealkylation sites (tertiary alicyclic amines) is 1. The Balaban J connectivity index is 1.92. The van der Waals surface area contributed by atoms with E-state index < -0.39 is 47.8 Å². The summed E-state index contributed by atoms with van der Waals surface area (Å²) in [5.74, 6) is -3.74. The second kappa shape index (κ2) is 6.75. The molecule has 30 heavy (non-hydrogen) atoms. The summed E-state index contributed by atoms with van der Waals surface area (Å²) in [4.78, 5) is 69.5. The minimum Gasteiger partial charge on any atom is -0.468 e. The van der Waals surface area contributed by atoms with Gasteiger partial charge in [0.2, 0.25) is 17.7 Å². The number of cyclic esters (lactones) is 1. The van der Waals surface area contributed by atoms with Crippen molar-refractivity contribution in [3.63, 3.8) is 0 Å². The minimum atomic E-state index is -1.40. The van der Waals surface area contributed by atoms with Gasteiger partial charge in [-0.25, -0.2) is 14.7 Å². The predicted molar refractivity (Wildman–Crippen MR) is 101 cm³/mol. The monoisotopic (exact) mass is 417 g/mol. The first-order valence-corrected chi connectivity index (χ1v) is 9.89. The molecule has 0 unspecified atom stereocenters. The number of methoxy groups -OCH3 is 1. The normalized spacial score (nSPS) is 34.3. The number of esters is 1. The number of hydrogen-bond acceptors (Lipinski definition) is 8. The zero-order valence-electron chi connectivity index (χ0n) is 17.3. The Bertz CT molecular complexity index is 952. The summed E-state index contributed by atoms with van der Waals surface area (Å²) in [6.07, 6.45) is 0.412. The molecule has 3 heterocycles. The fraction of sp³-hybridized carbons (Fsp3) is 0.600. The highest BCUT2D eigenvalue weighted by molar-refractivity contribution is 6.17. The number of fused-ring (bicyclic) bond motifs is 5. The number of rotatable bonds is 3. The molecular weight excluding hydrogens is 394 g/mol. The molecule has 4 atom stereocenters. The summed E-state index contributed by atoms with van der Waals surface area (Å²) in [5.41, 5.74) is -0.166. The van der Waals surface area contributed by atoms with Gasteiger partial charge >= 0.3 is 12.1 Å². The number of amides is 4. The summed E-state index contributed by atoms with van der Waals surface area (Å²) in [6.45, 7) is 3.03. The van der Waals surface area contributed by atoms with Gasteiger partial charge in [-0.2, -0.15) is 0 Å². The van der Waals surface area contributed by atoms with Gasteiger partial charge in [0.25, 0.3) is 5.91 Å². The Hall–Kier alpha value is -3.04. The zero-order valence-corrected chi connectivity index (χ0v) is 17.3. The Kier molecular flexibility index (Phi) is 4.55. The van der Waals surface area contributed by atoms with E-state index in [-0.39, 0.29) is 17.7 Å². The van der Waals surface area contributed by atoms with Crippen LogP contribution in [0.25, 0.3) is 0 Å². The Morgan fingerprint density at radius 2 is 1.97 bits per heavy atom. The van der Waals surface area contributed by atoms with Crippen LogP contribution in [-0.4, -0.2) is 71.7 Å². The van der Waals surface area contributed by atoms with Gasteiger partial charge in [0.05, 0.1) is 18.9 Å². The van der Waals surface area contributed by atoms with Crippen LogP contribution in [0, 0.1) is 17.8 Å². The van der Waals surface area contributed by atoms with E-state index in [0.29, 0.717) is 24.8 Å². The first-order valence-electron chi connectivity index (χ1n) is 9.89. The number of imide groups is 2. The quantitative estimate of drug-likeness (QED) is 0.488. The molecule has 10 heteroatoms. The van der Waals surface area contributed by atoms with Gasteiger partial charge in [-0.05, 0) is 26.2 Å². The van der Waals surface area contributed by atoms with Gasteiger partial charge in [0.1, 0.15) is 12.1 Å². The first-order chi connectivity index (χ1) is 14.2. The minimum absolute atomic E-state index is 0.112. The SMILES string of the molecule is CCC1=C2CC[C@H]3C(=O)N(C)C(=O)[C@H]3[C@H]2[C@@]2(C)C(=NCC(=O)OC)OC(=O)N2C1=O. The van der Waals surface area contributed by atoms with E-state index in [1.54, 1.807) is 6.92 Å². The lowest BCUT2D eigenvalue weighted by Crippen LogP contribution is -2.63. The molecule has 0 radical (unpaired) electrons. The Labute approximate surface area is 172 Å². The molecule has 4 rings (SSSR count). The lowest BCUT2D eigenvalue weighted by molar-refractivity contribution is -0.140. The standard InChI is InChI=1S/C20H23N3O7/c1-5-9-10-6-7-11-13(17(27)22(3)15(11)25)14(10)20(2)18(21-8-12(24)29-4)30-19(28)23(20)16(9)26/h11,13-14H,5-8H2,1-4H3/t11-,13-,14+,20+/m1/s1. The molecule has 0 aromatic rings. The van der Waals surface area contributed by atoms with Crippen molar-refractivity contribution in [2.24, 2.45) is 22.7 Å². The molecule has 0 N–H and O–H groups in total. The van der Waals surface area contributed by atoms with Crippen LogP contribution in [-0.2, 0) is 28.7 Å². The molecule has 1 saturated carbocycles. The number of nitrogens with zero attached hydrogens (tertiary/aromatic N) is 3. The van der Waals surface area contributed by atoms with Crippen LogP contribution in [0.5, 0.6) is 0 Å². The van der Waals surface area contributed by atoms with Crippen LogP contribution in [0.2, 0.25) is 0 Å². The predicted octanol–water partition coefficient (Wildman–Crippen LogP) is 0.657. The fourth-order valence-corrected chi connectivity index (χ4v) is 5.42. The largest absolute Gasteiger partial charge is 0.468 e. The molecule has 3 fully saturated rings. The van der Waals surface area contributed by atoms with Gasteiger partial charge in [0, 0.05) is 18.5 Å². The third-order valence-corrected chi connectivity index (χ3v) is 6.81. The number of carbonyl (C=O) groups excluding carboxylic acids is 5. The number of aliphatic imine (C=N–C) groups is 1. The summed E-state index contributed by atoms with van der Waals surface area (Å²) >= 11 is 0. The highest BCUT2D eigenvalue weighted by Gasteiger charge is 2.68. The van der Waals surface area contributed by atoms with Crippen molar-refractivity contribution < 1.29 is 33.4 Å². The van der Waals surface area contributed by atoms with E-state index in [2.05, 4.69) is 9.73 Å². The van der Waals surface area contributed by atoms with Crippen LogP contribution >= 0.6 is 0 Å². The molecule has 4 aliphatic rings. The van der Waals surface area contributed by atoms with Gasteiger partial charge in [-0.1, -0.05) is 12.5 Å². The molecule has 0 bridgehead atoms. The third kappa shape index (κ3) is 2.42. The average molecular weight is 417 g/mol. The summed E-state index contributed by atoms with van der Waals surface area (Å²) in [5, 5.41) is 0. The van der Waals surface area contributed by atoms with Gasteiger partial charge in [0.15, 0.2) is 0 Å². The molecule has 3 aliphatic heterocycles. The van der Waals surface area contributed by atoms with Crippen LogP contribution in [0.1, 0.15) is 33.1 Å². The lowest BCUT2D eigenvalue weighted by Gasteiger charge is -2.48. The Morgan fingerprint density at radius 1 is 1.27 bits per heavy atom. The van der Waals surface area contributed by atoms with Gasteiger partial charge < -0.3 is 9.47 Å². The topological polar surface area (TPSA) is 123 Å². The van der Waals surface area contributed by atoms with E-state index in [1.807, 2.05) is 6.92 Å². The van der Waals surface area contributed by atoms with Crippen LogP contribution in [0.4, 0.5) is 4.79 Å². The van der Waals surface area contributed by atoms with E-state index in [4.69, 9.17) is 4.74 Å².